The zero-order valence-corrected chi connectivity index (χ0v) is 21.4. The number of phenols is 1. The van der Waals surface area contributed by atoms with E-state index < -0.39 is 15.4 Å². The van der Waals surface area contributed by atoms with Crippen molar-refractivity contribution in [2.24, 2.45) is 0 Å². The van der Waals surface area contributed by atoms with Gasteiger partial charge in [-0.1, -0.05) is 42.8 Å². The smallest absolute Gasteiger partial charge is 0.243 e. The first-order valence-electron chi connectivity index (χ1n) is 11.7. The van der Waals surface area contributed by atoms with Gasteiger partial charge in [-0.15, -0.1) is 0 Å². The Morgan fingerprint density at radius 3 is 2.44 bits per heavy atom. The first-order chi connectivity index (χ1) is 17.2. The highest BCUT2D eigenvalue weighted by Crippen LogP contribution is 2.50. The van der Waals surface area contributed by atoms with E-state index in [-0.39, 0.29) is 34.7 Å². The van der Waals surface area contributed by atoms with Gasteiger partial charge in [-0.3, -0.25) is 4.79 Å². The highest BCUT2D eigenvalue weighted by Gasteiger charge is 2.51. The highest BCUT2D eigenvalue weighted by molar-refractivity contribution is 7.89. The quantitative estimate of drug-likeness (QED) is 0.362. The average molecular weight is 530 g/mol. The van der Waals surface area contributed by atoms with E-state index in [2.05, 4.69) is 10.3 Å². The fourth-order valence-electron chi connectivity index (χ4n) is 4.14. The van der Waals surface area contributed by atoms with Crippen LogP contribution in [-0.4, -0.2) is 53.5 Å². The molecule has 1 heterocycles. The van der Waals surface area contributed by atoms with Crippen molar-refractivity contribution in [2.45, 2.75) is 36.5 Å². The minimum Gasteiger partial charge on any atom is -0.506 e. The zero-order valence-electron chi connectivity index (χ0n) is 19.8. The van der Waals surface area contributed by atoms with E-state index in [1.807, 2.05) is 6.92 Å². The van der Waals surface area contributed by atoms with Gasteiger partial charge >= 0.3 is 0 Å². The second-order valence-corrected chi connectivity index (χ2v) is 11.1. The van der Waals surface area contributed by atoms with Crippen molar-refractivity contribution >= 4 is 33.3 Å². The zero-order chi connectivity index (χ0) is 25.9. The number of nitrogens with zero attached hydrogens (tertiary/aromatic N) is 2. The van der Waals surface area contributed by atoms with Crippen molar-refractivity contribution in [1.29, 1.82) is 0 Å². The highest BCUT2D eigenvalue weighted by atomic mass is 35.5. The molecule has 1 fully saturated rings. The Bertz CT molecular complexity index is 1350. The molecule has 3 N–H and O–H groups in total. The molecule has 1 aromatic heterocycles. The number of aliphatic hydroxyl groups excluding tert-OH is 1. The predicted octanol–water partition coefficient (Wildman–Crippen LogP) is 4.17. The predicted molar refractivity (Wildman–Crippen MR) is 138 cm³/mol. The van der Waals surface area contributed by atoms with E-state index in [0.717, 1.165) is 0 Å². The average Bonchev–Trinajstić information content (AvgIpc) is 3.68. The number of hydrogen-bond acceptors (Lipinski definition) is 6. The van der Waals surface area contributed by atoms with Crippen molar-refractivity contribution in [3.63, 3.8) is 0 Å². The fraction of sp³-hybridized carbons (Fsp3) is 0.308. The SMILES string of the molecule is CCCN(CCO)S(=O)(=O)c1ccc(-c2cccc(NC(=O)C3(c4ccc(Cl)c(O)c4)CC3)n2)cc1. The number of benzene rings is 2. The van der Waals surface area contributed by atoms with Crippen molar-refractivity contribution in [2.75, 3.05) is 25.0 Å². The summed E-state index contributed by atoms with van der Waals surface area (Å²) >= 11 is 5.91. The summed E-state index contributed by atoms with van der Waals surface area (Å²) < 4.78 is 27.1. The Balaban J connectivity index is 1.52. The Labute approximate surface area is 215 Å². The summed E-state index contributed by atoms with van der Waals surface area (Å²) in [5.74, 6) is 0.0962. The summed E-state index contributed by atoms with van der Waals surface area (Å²) in [6, 6.07) is 16.5. The maximum Gasteiger partial charge on any atom is 0.243 e. The standard InChI is InChI=1S/C26H28ClN3O5S/c1-2-14-30(15-16-31)36(34,35)20-9-6-18(7-10-20)22-4-3-5-24(28-22)29-25(33)26(12-13-26)19-8-11-21(27)23(32)17-19/h3-11,17,31-32H,2,12-16H2,1H3,(H,28,29,33). The number of phenolic OH excluding ortho intramolecular Hbond substituents is 1. The molecule has 36 heavy (non-hydrogen) atoms. The molecule has 2 aromatic carbocycles. The molecule has 3 aromatic rings. The lowest BCUT2D eigenvalue weighted by Crippen LogP contribution is -2.34. The van der Waals surface area contributed by atoms with E-state index in [1.165, 1.54) is 22.5 Å². The van der Waals surface area contributed by atoms with E-state index in [0.29, 0.717) is 48.4 Å². The minimum atomic E-state index is -3.72. The fourth-order valence-corrected chi connectivity index (χ4v) is 5.78. The third kappa shape index (κ3) is 5.24. The number of halogens is 1. The lowest BCUT2D eigenvalue weighted by molar-refractivity contribution is -0.118. The van der Waals surface area contributed by atoms with E-state index in [9.17, 15) is 23.4 Å². The van der Waals surface area contributed by atoms with Gasteiger partial charge in [-0.05, 0) is 61.2 Å². The number of aliphatic hydroxyl groups is 1. The van der Waals surface area contributed by atoms with Crippen LogP contribution in [0.4, 0.5) is 5.82 Å². The lowest BCUT2D eigenvalue weighted by Gasteiger charge is -2.20. The van der Waals surface area contributed by atoms with Crippen molar-refractivity contribution in [3.8, 4) is 17.0 Å². The molecule has 0 unspecified atom stereocenters. The maximum absolute atomic E-state index is 13.1. The summed E-state index contributed by atoms with van der Waals surface area (Å²) in [5.41, 5.74) is 1.24. The van der Waals surface area contributed by atoms with Gasteiger partial charge in [0, 0.05) is 18.7 Å². The Morgan fingerprint density at radius 2 is 1.83 bits per heavy atom. The van der Waals surface area contributed by atoms with Crippen LogP contribution >= 0.6 is 11.6 Å². The van der Waals surface area contributed by atoms with Gasteiger partial charge < -0.3 is 15.5 Å². The number of nitrogens with one attached hydrogen (secondary N) is 1. The molecule has 1 aliphatic carbocycles. The van der Waals surface area contributed by atoms with Gasteiger partial charge in [0.2, 0.25) is 15.9 Å². The second-order valence-electron chi connectivity index (χ2n) is 8.76. The minimum absolute atomic E-state index is 0.0400. The molecule has 4 rings (SSSR count). The first-order valence-corrected chi connectivity index (χ1v) is 13.5. The molecule has 1 amide bonds. The number of pyridine rings is 1. The molecule has 1 saturated carbocycles. The Kier molecular flexibility index (Phi) is 7.65. The second kappa shape index (κ2) is 10.6. The van der Waals surface area contributed by atoms with Gasteiger partial charge in [0.1, 0.15) is 11.6 Å². The number of hydrogen-bond donors (Lipinski definition) is 3. The molecular weight excluding hydrogens is 502 g/mol. The molecule has 0 atom stereocenters. The summed E-state index contributed by atoms with van der Waals surface area (Å²) in [7, 11) is -3.72. The van der Waals surface area contributed by atoms with Gasteiger partial charge in [-0.25, -0.2) is 13.4 Å². The summed E-state index contributed by atoms with van der Waals surface area (Å²) in [6.07, 6.45) is 1.95. The number of rotatable bonds is 10. The number of anilines is 1. The molecule has 1 aliphatic rings. The van der Waals surface area contributed by atoms with E-state index >= 15 is 0 Å². The van der Waals surface area contributed by atoms with Gasteiger partial charge in [0.05, 0.1) is 27.6 Å². The largest absolute Gasteiger partial charge is 0.506 e. The third-order valence-corrected chi connectivity index (χ3v) is 8.52. The molecular formula is C26H28ClN3O5S. The van der Waals surface area contributed by atoms with Gasteiger partial charge in [0.25, 0.3) is 0 Å². The van der Waals surface area contributed by atoms with Crippen LogP contribution in [0.1, 0.15) is 31.7 Å². The molecule has 10 heteroatoms. The summed E-state index contributed by atoms with van der Waals surface area (Å²) in [5, 5.41) is 22.3. The van der Waals surface area contributed by atoms with Crippen LogP contribution in [-0.2, 0) is 20.2 Å². The van der Waals surface area contributed by atoms with Crippen LogP contribution < -0.4 is 5.32 Å². The van der Waals surface area contributed by atoms with Gasteiger partial charge in [0.15, 0.2) is 0 Å². The van der Waals surface area contributed by atoms with Crippen LogP contribution in [0.25, 0.3) is 11.3 Å². The Hall–Kier alpha value is -2.98. The van der Waals surface area contributed by atoms with Crippen molar-refractivity contribution in [3.05, 3.63) is 71.2 Å². The number of aromatic hydroxyl groups is 1. The molecule has 0 radical (unpaired) electrons. The maximum atomic E-state index is 13.1. The summed E-state index contributed by atoms with van der Waals surface area (Å²) in [4.78, 5) is 17.8. The topological polar surface area (TPSA) is 120 Å². The Morgan fingerprint density at radius 1 is 1.11 bits per heavy atom. The van der Waals surface area contributed by atoms with Crippen LogP contribution in [0.15, 0.2) is 65.6 Å². The van der Waals surface area contributed by atoms with E-state index in [4.69, 9.17) is 11.6 Å². The molecule has 8 nitrogen and oxygen atoms in total. The van der Waals surface area contributed by atoms with Crippen LogP contribution in [0.2, 0.25) is 5.02 Å². The summed E-state index contributed by atoms with van der Waals surface area (Å²) in [6.45, 7) is 1.99. The van der Waals surface area contributed by atoms with Crippen molar-refractivity contribution in [1.82, 2.24) is 9.29 Å². The van der Waals surface area contributed by atoms with Crippen LogP contribution in [0, 0.1) is 0 Å². The third-order valence-electron chi connectivity index (χ3n) is 6.28. The van der Waals surface area contributed by atoms with Crippen LogP contribution in [0.5, 0.6) is 5.75 Å². The molecule has 0 spiro atoms. The number of carbonyl (C=O) groups is 1. The molecule has 0 saturated heterocycles. The van der Waals surface area contributed by atoms with E-state index in [1.54, 1.807) is 42.5 Å². The lowest BCUT2D eigenvalue weighted by atomic mass is 9.94. The molecule has 0 aliphatic heterocycles. The number of carbonyl (C=O) groups excluding carboxylic acids is 1. The number of amides is 1. The van der Waals surface area contributed by atoms with Crippen molar-refractivity contribution < 1.29 is 23.4 Å². The van der Waals surface area contributed by atoms with Gasteiger partial charge in [-0.2, -0.15) is 4.31 Å². The monoisotopic (exact) mass is 529 g/mol. The normalized spacial score (nSPS) is 14.6. The number of sulfonamides is 1. The first kappa shape index (κ1) is 26.1. The van der Waals surface area contributed by atoms with Crippen LogP contribution in [0.3, 0.4) is 0 Å². The molecule has 190 valence electrons. The number of aromatic nitrogens is 1. The molecule has 0 bridgehead atoms.